The summed E-state index contributed by atoms with van der Waals surface area (Å²) in [4.78, 5) is 14.9. The van der Waals surface area contributed by atoms with Gasteiger partial charge in [-0.2, -0.15) is 0 Å². The molecule has 0 fully saturated rings. The number of hydrogen-bond donors (Lipinski definition) is 2. The molecule has 1 aromatic carbocycles. The van der Waals surface area contributed by atoms with E-state index < -0.39 is 4.92 Å². The third-order valence-electron chi connectivity index (χ3n) is 3.04. The maximum atomic E-state index is 11.0. The SMILES string of the molecule is CCNc1cc([N+](=O)[O-])cc(NC(C)c2ccccc2)n1. The number of hydrogen-bond acceptors (Lipinski definition) is 5. The van der Waals surface area contributed by atoms with Gasteiger partial charge in [-0.05, 0) is 19.4 Å². The van der Waals surface area contributed by atoms with E-state index in [-0.39, 0.29) is 11.7 Å². The molecule has 2 rings (SSSR count). The highest BCUT2D eigenvalue weighted by Crippen LogP contribution is 2.24. The minimum absolute atomic E-state index is 0.00943. The van der Waals surface area contributed by atoms with Crippen molar-refractivity contribution < 1.29 is 4.92 Å². The Labute approximate surface area is 123 Å². The molecule has 1 heterocycles. The zero-order valence-electron chi connectivity index (χ0n) is 12.0. The van der Waals surface area contributed by atoms with Crippen molar-refractivity contribution in [3.05, 3.63) is 58.1 Å². The number of pyridine rings is 1. The number of anilines is 2. The molecule has 0 aliphatic heterocycles. The van der Waals surface area contributed by atoms with Gasteiger partial charge in [0, 0.05) is 12.6 Å². The predicted molar refractivity (Wildman–Crippen MR) is 83.5 cm³/mol. The molecule has 0 aliphatic rings. The maximum Gasteiger partial charge on any atom is 0.276 e. The van der Waals surface area contributed by atoms with E-state index in [1.807, 2.05) is 44.2 Å². The number of nitro groups is 1. The van der Waals surface area contributed by atoms with Crippen LogP contribution >= 0.6 is 0 Å². The molecule has 0 aliphatic carbocycles. The van der Waals surface area contributed by atoms with Crippen LogP contribution in [0.1, 0.15) is 25.5 Å². The quantitative estimate of drug-likeness (QED) is 0.626. The summed E-state index contributed by atoms with van der Waals surface area (Å²) < 4.78 is 0. The molecule has 6 heteroatoms. The van der Waals surface area contributed by atoms with E-state index >= 15 is 0 Å². The Balaban J connectivity index is 2.24. The zero-order chi connectivity index (χ0) is 15.2. The molecule has 0 saturated carbocycles. The van der Waals surface area contributed by atoms with Gasteiger partial charge in [-0.25, -0.2) is 4.98 Å². The van der Waals surface area contributed by atoms with E-state index in [1.54, 1.807) is 0 Å². The fourth-order valence-corrected chi connectivity index (χ4v) is 2.01. The number of benzene rings is 1. The smallest absolute Gasteiger partial charge is 0.276 e. The lowest BCUT2D eigenvalue weighted by atomic mass is 10.1. The largest absolute Gasteiger partial charge is 0.370 e. The van der Waals surface area contributed by atoms with Crippen LogP contribution in [0.5, 0.6) is 0 Å². The van der Waals surface area contributed by atoms with Gasteiger partial charge in [0.1, 0.15) is 11.6 Å². The molecule has 0 amide bonds. The van der Waals surface area contributed by atoms with Crippen molar-refractivity contribution in [1.82, 2.24) is 4.98 Å². The molecule has 2 N–H and O–H groups in total. The number of aromatic nitrogens is 1. The molecule has 6 nitrogen and oxygen atoms in total. The minimum Gasteiger partial charge on any atom is -0.370 e. The fourth-order valence-electron chi connectivity index (χ4n) is 2.01. The highest BCUT2D eigenvalue weighted by Gasteiger charge is 2.13. The van der Waals surface area contributed by atoms with Crippen molar-refractivity contribution in [1.29, 1.82) is 0 Å². The summed E-state index contributed by atoms with van der Waals surface area (Å²) in [6.45, 7) is 4.56. The highest BCUT2D eigenvalue weighted by molar-refractivity contribution is 5.55. The van der Waals surface area contributed by atoms with Crippen molar-refractivity contribution in [2.75, 3.05) is 17.2 Å². The minimum atomic E-state index is -0.416. The lowest BCUT2D eigenvalue weighted by Gasteiger charge is -2.15. The summed E-state index contributed by atoms with van der Waals surface area (Å²) in [6.07, 6.45) is 0. The monoisotopic (exact) mass is 286 g/mol. The van der Waals surface area contributed by atoms with E-state index in [4.69, 9.17) is 0 Å². The lowest BCUT2D eigenvalue weighted by molar-refractivity contribution is -0.384. The first kappa shape index (κ1) is 14.8. The number of rotatable bonds is 6. The summed E-state index contributed by atoms with van der Waals surface area (Å²) in [5, 5.41) is 17.2. The van der Waals surface area contributed by atoms with E-state index in [0.29, 0.717) is 18.2 Å². The standard InChI is InChI=1S/C15H18N4O2/c1-3-16-14-9-13(19(20)21)10-15(18-14)17-11(2)12-7-5-4-6-8-12/h4-11H,3H2,1-2H3,(H2,16,17,18). The first-order valence-corrected chi connectivity index (χ1v) is 6.82. The molecule has 0 saturated heterocycles. The Morgan fingerprint density at radius 1 is 1.24 bits per heavy atom. The Kier molecular flexibility index (Phi) is 4.71. The molecule has 0 radical (unpaired) electrons. The van der Waals surface area contributed by atoms with E-state index in [1.165, 1.54) is 12.1 Å². The molecular formula is C15H18N4O2. The molecule has 0 bridgehead atoms. The van der Waals surface area contributed by atoms with Crippen molar-refractivity contribution >= 4 is 17.3 Å². The third kappa shape index (κ3) is 3.92. The van der Waals surface area contributed by atoms with Crippen LogP contribution in [0, 0.1) is 10.1 Å². The van der Waals surface area contributed by atoms with Gasteiger partial charge in [0.05, 0.1) is 17.1 Å². The summed E-state index contributed by atoms with van der Waals surface area (Å²) in [5.74, 6) is 0.978. The maximum absolute atomic E-state index is 11.0. The van der Waals surface area contributed by atoms with Gasteiger partial charge in [-0.3, -0.25) is 10.1 Å². The van der Waals surface area contributed by atoms with Crippen molar-refractivity contribution in [2.24, 2.45) is 0 Å². The Hall–Kier alpha value is -2.63. The predicted octanol–water partition coefficient (Wildman–Crippen LogP) is 3.59. The molecule has 2 aromatic rings. The first-order chi connectivity index (χ1) is 10.1. The number of nitrogens with one attached hydrogen (secondary N) is 2. The summed E-state index contributed by atoms with van der Waals surface area (Å²) in [6, 6.07) is 12.8. The van der Waals surface area contributed by atoms with Gasteiger partial charge in [-0.1, -0.05) is 30.3 Å². The van der Waals surface area contributed by atoms with Gasteiger partial charge in [0.15, 0.2) is 0 Å². The third-order valence-corrected chi connectivity index (χ3v) is 3.04. The van der Waals surface area contributed by atoms with Crippen LogP contribution in [-0.4, -0.2) is 16.5 Å². The lowest BCUT2D eigenvalue weighted by Crippen LogP contribution is -2.09. The van der Waals surface area contributed by atoms with Crippen molar-refractivity contribution in [3.8, 4) is 0 Å². The van der Waals surface area contributed by atoms with Crippen LogP contribution in [0.2, 0.25) is 0 Å². The summed E-state index contributed by atoms with van der Waals surface area (Å²) in [5.41, 5.74) is 1.11. The van der Waals surface area contributed by atoms with E-state index in [9.17, 15) is 10.1 Å². The second kappa shape index (κ2) is 6.69. The molecule has 1 atom stereocenters. The molecule has 0 spiro atoms. The normalized spacial score (nSPS) is 11.7. The van der Waals surface area contributed by atoms with Crippen molar-refractivity contribution in [2.45, 2.75) is 19.9 Å². The fraction of sp³-hybridized carbons (Fsp3) is 0.267. The summed E-state index contributed by atoms with van der Waals surface area (Å²) >= 11 is 0. The molecule has 1 aromatic heterocycles. The van der Waals surface area contributed by atoms with Gasteiger partial charge >= 0.3 is 0 Å². The average molecular weight is 286 g/mol. The first-order valence-electron chi connectivity index (χ1n) is 6.82. The Morgan fingerprint density at radius 3 is 2.52 bits per heavy atom. The second-order valence-electron chi connectivity index (χ2n) is 4.66. The topological polar surface area (TPSA) is 80.1 Å². The van der Waals surface area contributed by atoms with E-state index in [0.717, 1.165) is 5.56 Å². The van der Waals surface area contributed by atoms with Crippen LogP contribution in [0.4, 0.5) is 17.3 Å². The van der Waals surface area contributed by atoms with Gasteiger partial charge < -0.3 is 10.6 Å². The van der Waals surface area contributed by atoms with Crippen LogP contribution in [-0.2, 0) is 0 Å². The number of nitrogens with zero attached hydrogens (tertiary/aromatic N) is 2. The van der Waals surface area contributed by atoms with Crippen LogP contribution < -0.4 is 10.6 Å². The average Bonchev–Trinajstić information content (AvgIpc) is 2.48. The van der Waals surface area contributed by atoms with Crippen LogP contribution in [0.15, 0.2) is 42.5 Å². The molecule has 110 valence electrons. The molecule has 21 heavy (non-hydrogen) atoms. The molecular weight excluding hydrogens is 268 g/mol. The van der Waals surface area contributed by atoms with Gasteiger partial charge in [-0.15, -0.1) is 0 Å². The molecule has 1 unspecified atom stereocenters. The van der Waals surface area contributed by atoms with Crippen molar-refractivity contribution in [3.63, 3.8) is 0 Å². The summed E-state index contributed by atoms with van der Waals surface area (Å²) in [7, 11) is 0. The zero-order valence-corrected chi connectivity index (χ0v) is 12.0. The Morgan fingerprint density at radius 2 is 1.90 bits per heavy atom. The van der Waals surface area contributed by atoms with Crippen LogP contribution in [0.3, 0.4) is 0 Å². The van der Waals surface area contributed by atoms with Crippen LogP contribution in [0.25, 0.3) is 0 Å². The Bertz CT molecular complexity index is 616. The van der Waals surface area contributed by atoms with Gasteiger partial charge in [0.2, 0.25) is 0 Å². The van der Waals surface area contributed by atoms with E-state index in [2.05, 4.69) is 15.6 Å². The van der Waals surface area contributed by atoms with Gasteiger partial charge in [0.25, 0.3) is 5.69 Å². The second-order valence-corrected chi connectivity index (χ2v) is 4.66. The highest BCUT2D eigenvalue weighted by atomic mass is 16.6.